The fourth-order valence-electron chi connectivity index (χ4n) is 2.35. The van der Waals surface area contributed by atoms with Crippen LogP contribution < -0.4 is 16.4 Å². The van der Waals surface area contributed by atoms with Crippen molar-refractivity contribution < 1.29 is 9.59 Å². The molecule has 1 atom stereocenters. The smallest absolute Gasteiger partial charge is 0.318 e. The molecule has 1 unspecified atom stereocenters. The van der Waals surface area contributed by atoms with Gasteiger partial charge >= 0.3 is 6.03 Å². The van der Waals surface area contributed by atoms with Gasteiger partial charge in [-0.3, -0.25) is 15.0 Å². The molecule has 0 radical (unpaired) electrons. The first kappa shape index (κ1) is 14.9. The number of amides is 3. The lowest BCUT2D eigenvalue weighted by molar-refractivity contribution is -0.124. The number of carbonyl (C=O) groups is 2. The number of rotatable bonds is 5. The van der Waals surface area contributed by atoms with Crippen LogP contribution in [0, 0.1) is 5.92 Å². The summed E-state index contributed by atoms with van der Waals surface area (Å²) in [6, 6.07) is -1.11. The van der Waals surface area contributed by atoms with E-state index in [1.54, 1.807) is 0 Å². The van der Waals surface area contributed by atoms with E-state index in [1.807, 2.05) is 13.8 Å². The molecule has 18 heavy (non-hydrogen) atoms. The molecule has 1 saturated heterocycles. The van der Waals surface area contributed by atoms with Crippen molar-refractivity contribution in [1.82, 2.24) is 15.5 Å². The molecule has 0 aliphatic carbocycles. The number of likely N-dealkylation sites (N-methyl/N-ethyl adjacent to an activating group) is 1. The van der Waals surface area contributed by atoms with Crippen LogP contribution in [0.3, 0.4) is 0 Å². The molecule has 1 heterocycles. The van der Waals surface area contributed by atoms with Crippen molar-refractivity contribution in [2.24, 2.45) is 11.7 Å². The van der Waals surface area contributed by atoms with Crippen LogP contribution in [0.1, 0.15) is 26.7 Å². The molecule has 0 saturated carbocycles. The second kappa shape index (κ2) is 7.33. The van der Waals surface area contributed by atoms with E-state index in [0.717, 1.165) is 39.0 Å². The number of carbonyl (C=O) groups excluding carboxylic acids is 2. The van der Waals surface area contributed by atoms with Crippen LogP contribution in [-0.2, 0) is 4.79 Å². The van der Waals surface area contributed by atoms with Gasteiger partial charge in [-0.1, -0.05) is 6.92 Å². The minimum absolute atomic E-state index is 0.321. The quantitative estimate of drug-likeness (QED) is 0.640. The van der Waals surface area contributed by atoms with Crippen LogP contribution in [0.5, 0.6) is 0 Å². The van der Waals surface area contributed by atoms with Crippen LogP contribution >= 0.6 is 0 Å². The Hall–Kier alpha value is -1.14. The lowest BCUT2D eigenvalue weighted by Gasteiger charge is -2.32. The van der Waals surface area contributed by atoms with Gasteiger partial charge in [0.1, 0.15) is 0 Å². The molecular weight excluding hydrogens is 232 g/mol. The van der Waals surface area contributed by atoms with Gasteiger partial charge in [-0.25, -0.2) is 4.79 Å². The molecule has 6 nitrogen and oxygen atoms in total. The molecule has 0 aromatic heterocycles. The third kappa shape index (κ3) is 4.62. The molecule has 3 amide bonds. The number of urea groups is 1. The fraction of sp³-hybridized carbons (Fsp3) is 0.833. The molecule has 6 heteroatoms. The molecule has 1 aliphatic rings. The third-order valence-electron chi connectivity index (χ3n) is 3.53. The van der Waals surface area contributed by atoms with Crippen LogP contribution in [0.25, 0.3) is 0 Å². The van der Waals surface area contributed by atoms with Gasteiger partial charge in [-0.15, -0.1) is 0 Å². The van der Waals surface area contributed by atoms with Gasteiger partial charge in [0.2, 0.25) is 5.91 Å². The first-order valence-corrected chi connectivity index (χ1v) is 6.59. The number of hydrogen-bond acceptors (Lipinski definition) is 4. The number of primary amides is 1. The van der Waals surface area contributed by atoms with Gasteiger partial charge in [0.25, 0.3) is 0 Å². The summed E-state index contributed by atoms with van der Waals surface area (Å²) in [6.07, 6.45) is 2.28. The second-order valence-electron chi connectivity index (χ2n) is 4.81. The first-order valence-electron chi connectivity index (χ1n) is 6.59. The number of imide groups is 1. The highest BCUT2D eigenvalue weighted by Crippen LogP contribution is 2.15. The normalized spacial score (nSPS) is 18.6. The lowest BCUT2D eigenvalue weighted by Crippen LogP contribution is -2.50. The Labute approximate surface area is 108 Å². The van der Waals surface area contributed by atoms with Crippen LogP contribution in [0.15, 0.2) is 0 Å². The topological polar surface area (TPSA) is 87.5 Å². The van der Waals surface area contributed by atoms with E-state index in [2.05, 4.69) is 15.5 Å². The Bertz CT molecular complexity index is 290. The molecule has 0 spiro atoms. The van der Waals surface area contributed by atoms with E-state index in [4.69, 9.17) is 5.73 Å². The maximum atomic E-state index is 11.7. The minimum Gasteiger partial charge on any atom is -0.351 e. The zero-order chi connectivity index (χ0) is 13.5. The molecule has 104 valence electrons. The van der Waals surface area contributed by atoms with Gasteiger partial charge in [0.15, 0.2) is 0 Å². The maximum Gasteiger partial charge on any atom is 0.318 e. The fourth-order valence-corrected chi connectivity index (χ4v) is 2.35. The molecule has 1 rings (SSSR count). The molecule has 0 bridgehead atoms. The monoisotopic (exact) mass is 256 g/mol. The Balaban J connectivity index is 2.47. The SMILES string of the molecule is CCN(CC1CCNCC1)C(C)C(=O)NC(N)=O. The van der Waals surface area contributed by atoms with Crippen molar-refractivity contribution in [1.29, 1.82) is 0 Å². The van der Waals surface area contributed by atoms with Crippen molar-refractivity contribution in [3.8, 4) is 0 Å². The highest BCUT2D eigenvalue weighted by atomic mass is 16.2. The van der Waals surface area contributed by atoms with Crippen molar-refractivity contribution in [2.45, 2.75) is 32.7 Å². The summed E-state index contributed by atoms with van der Waals surface area (Å²) >= 11 is 0. The molecule has 1 aliphatic heterocycles. The van der Waals surface area contributed by atoms with E-state index in [9.17, 15) is 9.59 Å². The predicted molar refractivity (Wildman–Crippen MR) is 70.0 cm³/mol. The van der Waals surface area contributed by atoms with Gasteiger partial charge in [0.05, 0.1) is 6.04 Å². The predicted octanol–water partition coefficient (Wildman–Crippen LogP) is -0.109. The zero-order valence-electron chi connectivity index (χ0n) is 11.2. The number of nitrogens with two attached hydrogens (primary N) is 1. The number of nitrogens with one attached hydrogen (secondary N) is 2. The standard InChI is InChI=1S/C12H24N4O2/c1-3-16(8-10-4-6-14-7-5-10)9(2)11(17)15-12(13)18/h9-10,14H,3-8H2,1-2H3,(H3,13,15,17,18). The average Bonchev–Trinajstić information content (AvgIpc) is 2.35. The van der Waals surface area contributed by atoms with Gasteiger partial charge < -0.3 is 11.1 Å². The summed E-state index contributed by atoms with van der Waals surface area (Å²) in [5, 5.41) is 5.47. The summed E-state index contributed by atoms with van der Waals surface area (Å²) in [5.41, 5.74) is 4.96. The van der Waals surface area contributed by atoms with Crippen LogP contribution in [-0.4, -0.2) is 49.1 Å². The van der Waals surface area contributed by atoms with E-state index < -0.39 is 6.03 Å². The molecule has 4 N–H and O–H groups in total. The maximum absolute atomic E-state index is 11.7. The van der Waals surface area contributed by atoms with Gasteiger partial charge in [-0.2, -0.15) is 0 Å². The Morgan fingerprint density at radius 3 is 2.56 bits per heavy atom. The molecular formula is C12H24N4O2. The van der Waals surface area contributed by atoms with Crippen molar-refractivity contribution in [3.05, 3.63) is 0 Å². The Morgan fingerprint density at radius 1 is 1.44 bits per heavy atom. The van der Waals surface area contributed by atoms with Crippen molar-refractivity contribution >= 4 is 11.9 Å². The molecule has 0 aromatic carbocycles. The number of piperidine rings is 1. The number of hydrogen-bond donors (Lipinski definition) is 3. The van der Waals surface area contributed by atoms with E-state index >= 15 is 0 Å². The minimum atomic E-state index is -0.787. The molecule has 0 aromatic rings. The van der Waals surface area contributed by atoms with E-state index in [0.29, 0.717) is 5.92 Å². The van der Waals surface area contributed by atoms with Crippen molar-refractivity contribution in [2.75, 3.05) is 26.2 Å². The van der Waals surface area contributed by atoms with Crippen LogP contribution in [0.2, 0.25) is 0 Å². The lowest BCUT2D eigenvalue weighted by atomic mass is 9.97. The number of nitrogens with zero attached hydrogens (tertiary/aromatic N) is 1. The summed E-state index contributed by atoms with van der Waals surface area (Å²) < 4.78 is 0. The second-order valence-corrected chi connectivity index (χ2v) is 4.81. The first-order chi connectivity index (χ1) is 8.54. The summed E-state index contributed by atoms with van der Waals surface area (Å²) in [7, 11) is 0. The summed E-state index contributed by atoms with van der Waals surface area (Å²) in [4.78, 5) is 24.5. The van der Waals surface area contributed by atoms with E-state index in [-0.39, 0.29) is 11.9 Å². The Kier molecular flexibility index (Phi) is 6.07. The summed E-state index contributed by atoms with van der Waals surface area (Å²) in [6.45, 7) is 7.61. The van der Waals surface area contributed by atoms with Crippen molar-refractivity contribution in [3.63, 3.8) is 0 Å². The third-order valence-corrected chi connectivity index (χ3v) is 3.53. The van der Waals surface area contributed by atoms with Gasteiger partial charge in [0, 0.05) is 6.54 Å². The molecule has 1 fully saturated rings. The van der Waals surface area contributed by atoms with Crippen LogP contribution in [0.4, 0.5) is 4.79 Å². The highest BCUT2D eigenvalue weighted by molar-refractivity contribution is 5.96. The van der Waals surface area contributed by atoms with Gasteiger partial charge in [-0.05, 0) is 45.3 Å². The zero-order valence-corrected chi connectivity index (χ0v) is 11.2. The summed E-state index contributed by atoms with van der Waals surface area (Å²) in [5.74, 6) is 0.299. The van der Waals surface area contributed by atoms with E-state index in [1.165, 1.54) is 0 Å². The Morgan fingerprint density at radius 2 is 2.06 bits per heavy atom. The highest BCUT2D eigenvalue weighted by Gasteiger charge is 2.24. The average molecular weight is 256 g/mol. The largest absolute Gasteiger partial charge is 0.351 e.